The molecular formula is C23H19N3O4. The molecule has 0 saturated carbocycles. The highest BCUT2D eigenvalue weighted by Crippen LogP contribution is 2.28. The molecule has 7 nitrogen and oxygen atoms in total. The monoisotopic (exact) mass is 401 g/mol. The molecule has 0 unspecified atom stereocenters. The fraction of sp³-hybridized carbons (Fsp3) is 0.130. The minimum atomic E-state index is -0.381. The minimum Gasteiger partial charge on any atom is -0.465 e. The molecule has 4 rings (SSSR count). The van der Waals surface area contributed by atoms with Crippen molar-refractivity contribution in [2.45, 2.75) is 6.92 Å². The van der Waals surface area contributed by atoms with E-state index < -0.39 is 0 Å². The van der Waals surface area contributed by atoms with Crippen LogP contribution in [0.5, 0.6) is 0 Å². The number of nitrogens with one attached hydrogen (secondary N) is 1. The van der Waals surface area contributed by atoms with E-state index in [4.69, 9.17) is 9.47 Å². The Morgan fingerprint density at radius 2 is 1.50 bits per heavy atom. The summed E-state index contributed by atoms with van der Waals surface area (Å²) in [6, 6.07) is 18.0. The third kappa shape index (κ3) is 3.65. The predicted molar refractivity (Wildman–Crippen MR) is 112 cm³/mol. The second-order valence-electron chi connectivity index (χ2n) is 6.53. The van der Waals surface area contributed by atoms with E-state index in [9.17, 15) is 9.59 Å². The van der Waals surface area contributed by atoms with Gasteiger partial charge in [-0.25, -0.2) is 14.6 Å². The van der Waals surface area contributed by atoms with Crippen molar-refractivity contribution in [1.82, 2.24) is 15.2 Å². The van der Waals surface area contributed by atoms with Crippen molar-refractivity contribution in [3.63, 3.8) is 0 Å². The van der Waals surface area contributed by atoms with E-state index in [0.29, 0.717) is 23.4 Å². The van der Waals surface area contributed by atoms with Crippen LogP contribution >= 0.6 is 0 Å². The SMILES string of the molecule is CCOC(=O)c1ccc(-c2ccc3c(-c4ccc(C(=O)OC)cc4)n[nH]c3n2)cc1. The van der Waals surface area contributed by atoms with E-state index in [1.165, 1.54) is 7.11 Å². The molecule has 0 spiro atoms. The van der Waals surface area contributed by atoms with Gasteiger partial charge in [-0.2, -0.15) is 5.10 Å². The normalized spacial score (nSPS) is 10.7. The van der Waals surface area contributed by atoms with Gasteiger partial charge in [0.15, 0.2) is 5.65 Å². The van der Waals surface area contributed by atoms with Crippen LogP contribution in [0.15, 0.2) is 60.7 Å². The maximum Gasteiger partial charge on any atom is 0.338 e. The molecule has 30 heavy (non-hydrogen) atoms. The number of rotatable bonds is 5. The Labute approximate surface area is 172 Å². The van der Waals surface area contributed by atoms with Crippen LogP contribution in [-0.2, 0) is 9.47 Å². The van der Waals surface area contributed by atoms with E-state index in [0.717, 1.165) is 27.9 Å². The maximum absolute atomic E-state index is 11.8. The first-order chi connectivity index (χ1) is 14.6. The summed E-state index contributed by atoms with van der Waals surface area (Å²) in [4.78, 5) is 28.1. The van der Waals surface area contributed by atoms with Crippen LogP contribution in [0.4, 0.5) is 0 Å². The van der Waals surface area contributed by atoms with Crippen molar-refractivity contribution < 1.29 is 19.1 Å². The summed E-state index contributed by atoms with van der Waals surface area (Å²) in [5, 5.41) is 8.22. The van der Waals surface area contributed by atoms with Crippen LogP contribution in [0.2, 0.25) is 0 Å². The lowest BCUT2D eigenvalue weighted by Gasteiger charge is -2.04. The van der Waals surface area contributed by atoms with Crippen molar-refractivity contribution in [3.8, 4) is 22.5 Å². The molecule has 0 amide bonds. The first-order valence-corrected chi connectivity index (χ1v) is 9.42. The zero-order valence-corrected chi connectivity index (χ0v) is 16.5. The number of benzene rings is 2. The van der Waals surface area contributed by atoms with Gasteiger partial charge in [-0.1, -0.05) is 24.3 Å². The molecule has 1 N–H and O–H groups in total. The Kier molecular flexibility index (Phi) is 5.26. The second-order valence-corrected chi connectivity index (χ2v) is 6.53. The molecule has 2 aromatic heterocycles. The Balaban J connectivity index is 1.62. The van der Waals surface area contributed by atoms with Gasteiger partial charge in [-0.3, -0.25) is 5.10 Å². The number of nitrogens with zero attached hydrogens (tertiary/aromatic N) is 2. The van der Waals surface area contributed by atoms with Crippen LogP contribution < -0.4 is 0 Å². The van der Waals surface area contributed by atoms with Gasteiger partial charge in [0.2, 0.25) is 0 Å². The van der Waals surface area contributed by atoms with E-state index in [2.05, 4.69) is 15.2 Å². The molecule has 0 aliphatic heterocycles. The largest absolute Gasteiger partial charge is 0.465 e. The fourth-order valence-corrected chi connectivity index (χ4v) is 3.16. The summed E-state index contributed by atoms with van der Waals surface area (Å²) in [7, 11) is 1.35. The average Bonchev–Trinajstić information content (AvgIpc) is 3.22. The van der Waals surface area contributed by atoms with Crippen LogP contribution in [-0.4, -0.2) is 40.8 Å². The molecule has 0 aliphatic rings. The average molecular weight is 401 g/mol. The van der Waals surface area contributed by atoms with Gasteiger partial charge < -0.3 is 9.47 Å². The summed E-state index contributed by atoms with van der Waals surface area (Å²) < 4.78 is 9.74. The zero-order valence-electron chi connectivity index (χ0n) is 16.5. The Morgan fingerprint density at radius 3 is 2.13 bits per heavy atom. The van der Waals surface area contributed by atoms with Crippen LogP contribution in [0.1, 0.15) is 27.6 Å². The van der Waals surface area contributed by atoms with E-state index in [1.54, 1.807) is 31.2 Å². The van der Waals surface area contributed by atoms with Gasteiger partial charge >= 0.3 is 11.9 Å². The number of carbonyl (C=O) groups excluding carboxylic acids is 2. The first kappa shape index (κ1) is 19.3. The molecule has 0 bridgehead atoms. The fourth-order valence-electron chi connectivity index (χ4n) is 3.16. The van der Waals surface area contributed by atoms with Crippen LogP contribution in [0.3, 0.4) is 0 Å². The predicted octanol–water partition coefficient (Wildman–Crippen LogP) is 4.26. The number of H-pyrrole nitrogens is 1. The smallest absolute Gasteiger partial charge is 0.338 e. The summed E-state index contributed by atoms with van der Waals surface area (Å²) in [5.41, 5.74) is 4.88. The topological polar surface area (TPSA) is 94.2 Å². The molecule has 2 aromatic carbocycles. The number of hydrogen-bond acceptors (Lipinski definition) is 6. The molecule has 4 aromatic rings. The van der Waals surface area contributed by atoms with E-state index in [1.807, 2.05) is 36.4 Å². The number of hydrogen-bond donors (Lipinski definition) is 1. The quantitative estimate of drug-likeness (QED) is 0.502. The molecule has 0 atom stereocenters. The molecule has 7 heteroatoms. The number of methoxy groups -OCH3 is 1. The Hall–Kier alpha value is -4.00. The van der Waals surface area contributed by atoms with Gasteiger partial charge in [0.1, 0.15) is 5.69 Å². The van der Waals surface area contributed by atoms with Crippen molar-refractivity contribution >= 4 is 23.0 Å². The molecule has 150 valence electrons. The lowest BCUT2D eigenvalue weighted by Crippen LogP contribution is -2.04. The van der Waals surface area contributed by atoms with Gasteiger partial charge in [-0.15, -0.1) is 0 Å². The molecule has 0 saturated heterocycles. The lowest BCUT2D eigenvalue weighted by atomic mass is 10.1. The lowest BCUT2D eigenvalue weighted by molar-refractivity contribution is 0.0525. The van der Waals surface area contributed by atoms with Gasteiger partial charge in [0, 0.05) is 16.5 Å². The third-order valence-electron chi connectivity index (χ3n) is 4.70. The maximum atomic E-state index is 11.8. The van der Waals surface area contributed by atoms with Crippen LogP contribution in [0, 0.1) is 0 Å². The molecule has 0 aliphatic carbocycles. The summed E-state index contributed by atoms with van der Waals surface area (Å²) >= 11 is 0. The number of carbonyl (C=O) groups is 2. The van der Waals surface area contributed by atoms with Crippen LogP contribution in [0.25, 0.3) is 33.5 Å². The summed E-state index contributed by atoms with van der Waals surface area (Å²) in [6.45, 7) is 2.12. The van der Waals surface area contributed by atoms with E-state index >= 15 is 0 Å². The first-order valence-electron chi connectivity index (χ1n) is 9.42. The highest BCUT2D eigenvalue weighted by molar-refractivity contribution is 5.94. The number of esters is 2. The van der Waals surface area contributed by atoms with Gasteiger partial charge in [0.05, 0.1) is 30.5 Å². The third-order valence-corrected chi connectivity index (χ3v) is 4.70. The standard InChI is InChI=1S/C23H19N3O4/c1-3-30-23(28)17-8-4-14(5-9-17)19-13-12-18-20(25-26-21(18)24-19)15-6-10-16(11-7-15)22(27)29-2/h4-13H,3H2,1-2H3,(H,24,25,26). The highest BCUT2D eigenvalue weighted by Gasteiger charge is 2.13. The van der Waals surface area contributed by atoms with Crippen molar-refractivity contribution in [3.05, 3.63) is 71.8 Å². The summed E-state index contributed by atoms with van der Waals surface area (Å²) in [6.07, 6.45) is 0. The number of ether oxygens (including phenoxy) is 2. The highest BCUT2D eigenvalue weighted by atomic mass is 16.5. The molecule has 0 radical (unpaired) electrons. The van der Waals surface area contributed by atoms with Crippen molar-refractivity contribution in [1.29, 1.82) is 0 Å². The van der Waals surface area contributed by atoms with E-state index in [-0.39, 0.29) is 11.9 Å². The molecule has 0 fully saturated rings. The molecular weight excluding hydrogens is 382 g/mol. The van der Waals surface area contributed by atoms with Gasteiger partial charge in [-0.05, 0) is 43.3 Å². The second kappa shape index (κ2) is 8.16. The number of pyridine rings is 1. The van der Waals surface area contributed by atoms with Crippen molar-refractivity contribution in [2.24, 2.45) is 0 Å². The Bertz CT molecular complexity index is 1210. The van der Waals surface area contributed by atoms with Gasteiger partial charge in [0.25, 0.3) is 0 Å². The number of aromatic amines is 1. The zero-order chi connectivity index (χ0) is 21.1. The van der Waals surface area contributed by atoms with Crippen molar-refractivity contribution in [2.75, 3.05) is 13.7 Å². The molecule has 2 heterocycles. The Morgan fingerprint density at radius 1 is 0.867 bits per heavy atom. The number of fused-ring (bicyclic) bond motifs is 1. The summed E-state index contributed by atoms with van der Waals surface area (Å²) in [5.74, 6) is -0.724. The number of aromatic nitrogens is 3. The minimum absolute atomic E-state index is 0.340.